The Hall–Kier alpha value is -2.34. The highest BCUT2D eigenvalue weighted by Gasteiger charge is 2.31. The summed E-state index contributed by atoms with van der Waals surface area (Å²) in [6, 6.07) is 16.0. The summed E-state index contributed by atoms with van der Waals surface area (Å²) in [6.07, 6.45) is 5.73. The van der Waals surface area contributed by atoms with Crippen molar-refractivity contribution >= 4 is 21.6 Å². The van der Waals surface area contributed by atoms with Crippen LogP contribution in [0.2, 0.25) is 0 Å². The molecule has 1 amide bonds. The quantitative estimate of drug-likeness (QED) is 0.794. The molecule has 0 radical (unpaired) electrons. The van der Waals surface area contributed by atoms with E-state index >= 15 is 0 Å². The molecule has 28 heavy (non-hydrogen) atoms. The fourth-order valence-electron chi connectivity index (χ4n) is 4.41. The van der Waals surface area contributed by atoms with E-state index < -0.39 is 10.0 Å². The van der Waals surface area contributed by atoms with Crippen molar-refractivity contribution in [2.24, 2.45) is 0 Å². The Kier molecular flexibility index (Phi) is 5.15. The molecular weight excluding hydrogens is 372 g/mol. The van der Waals surface area contributed by atoms with Crippen LogP contribution in [0.3, 0.4) is 0 Å². The largest absolute Gasteiger partial charge is 0.335 e. The minimum atomic E-state index is -3.29. The predicted molar refractivity (Wildman–Crippen MR) is 111 cm³/mol. The van der Waals surface area contributed by atoms with Gasteiger partial charge in [-0.05, 0) is 61.4 Å². The van der Waals surface area contributed by atoms with Crippen LogP contribution in [0.25, 0.3) is 0 Å². The van der Waals surface area contributed by atoms with Gasteiger partial charge in [0.15, 0.2) is 0 Å². The van der Waals surface area contributed by atoms with Gasteiger partial charge in [-0.3, -0.25) is 9.10 Å². The second kappa shape index (κ2) is 7.59. The van der Waals surface area contributed by atoms with E-state index in [1.54, 1.807) is 12.1 Å². The summed E-state index contributed by atoms with van der Waals surface area (Å²) in [7, 11) is -3.29. The zero-order valence-electron chi connectivity index (χ0n) is 16.2. The molecule has 1 unspecified atom stereocenters. The molecule has 0 aromatic heterocycles. The number of hydrogen-bond acceptors (Lipinski definition) is 3. The number of hydrogen-bond donors (Lipinski definition) is 0. The Balaban J connectivity index is 1.56. The third kappa shape index (κ3) is 3.78. The molecule has 2 aromatic carbocycles. The Morgan fingerprint density at radius 2 is 1.86 bits per heavy atom. The van der Waals surface area contributed by atoms with E-state index in [-0.39, 0.29) is 11.9 Å². The average molecular weight is 399 g/mol. The van der Waals surface area contributed by atoms with Crippen molar-refractivity contribution in [1.29, 1.82) is 0 Å². The first kappa shape index (κ1) is 19.0. The number of rotatable bonds is 4. The van der Waals surface area contributed by atoms with Crippen molar-refractivity contribution in [2.45, 2.75) is 38.1 Å². The summed E-state index contributed by atoms with van der Waals surface area (Å²) < 4.78 is 25.5. The van der Waals surface area contributed by atoms with Crippen molar-refractivity contribution in [3.05, 3.63) is 65.2 Å². The maximum Gasteiger partial charge on any atom is 0.254 e. The van der Waals surface area contributed by atoms with E-state index in [1.165, 1.54) is 16.1 Å². The Morgan fingerprint density at radius 1 is 1.07 bits per heavy atom. The molecule has 1 fully saturated rings. The highest BCUT2D eigenvalue weighted by Crippen LogP contribution is 2.31. The lowest BCUT2D eigenvalue weighted by atomic mass is 9.99. The number of carbonyl (C=O) groups is 1. The number of nitrogens with zero attached hydrogens (tertiary/aromatic N) is 2. The molecule has 0 spiro atoms. The van der Waals surface area contributed by atoms with Crippen LogP contribution < -0.4 is 4.31 Å². The van der Waals surface area contributed by atoms with E-state index in [0.29, 0.717) is 17.8 Å². The van der Waals surface area contributed by atoms with Crippen LogP contribution in [0.5, 0.6) is 0 Å². The van der Waals surface area contributed by atoms with Gasteiger partial charge in [-0.1, -0.05) is 30.3 Å². The van der Waals surface area contributed by atoms with E-state index in [1.807, 2.05) is 29.2 Å². The number of likely N-dealkylation sites (tertiary alicyclic amines) is 1. The van der Waals surface area contributed by atoms with Gasteiger partial charge >= 0.3 is 0 Å². The van der Waals surface area contributed by atoms with Crippen LogP contribution in [0.4, 0.5) is 5.69 Å². The van der Waals surface area contributed by atoms with E-state index in [9.17, 15) is 13.2 Å². The molecule has 1 atom stereocenters. The lowest BCUT2D eigenvalue weighted by Gasteiger charge is -2.30. The van der Waals surface area contributed by atoms with E-state index in [4.69, 9.17) is 0 Å². The molecular formula is C22H26N2O3S. The normalized spacial score (nSPS) is 19.5. The summed E-state index contributed by atoms with van der Waals surface area (Å²) in [6.45, 7) is 1.29. The van der Waals surface area contributed by atoms with Crippen LogP contribution in [0.15, 0.2) is 48.5 Å². The van der Waals surface area contributed by atoms with Crippen molar-refractivity contribution in [1.82, 2.24) is 4.90 Å². The minimum absolute atomic E-state index is 0.0534. The van der Waals surface area contributed by atoms with Crippen molar-refractivity contribution in [3.8, 4) is 0 Å². The van der Waals surface area contributed by atoms with Gasteiger partial charge in [0.05, 0.1) is 11.9 Å². The molecule has 1 saturated heterocycles. The van der Waals surface area contributed by atoms with E-state index in [2.05, 4.69) is 12.1 Å². The molecule has 2 aliphatic rings. The number of amides is 1. The van der Waals surface area contributed by atoms with Gasteiger partial charge in [0.1, 0.15) is 0 Å². The van der Waals surface area contributed by atoms with Gasteiger partial charge in [-0.25, -0.2) is 8.42 Å². The molecule has 2 heterocycles. The molecule has 4 rings (SSSR count). The number of anilines is 1. The van der Waals surface area contributed by atoms with Crippen LogP contribution in [-0.4, -0.2) is 44.6 Å². The highest BCUT2D eigenvalue weighted by atomic mass is 32.2. The Bertz CT molecular complexity index is 973. The number of carbonyl (C=O) groups excluding carboxylic acids is 1. The Labute approximate surface area is 167 Å². The van der Waals surface area contributed by atoms with E-state index in [0.717, 1.165) is 44.2 Å². The lowest BCUT2D eigenvalue weighted by Crippen LogP contribution is -2.37. The zero-order chi connectivity index (χ0) is 19.7. The second-order valence-electron chi connectivity index (χ2n) is 7.77. The van der Waals surface area contributed by atoms with Gasteiger partial charge in [-0.15, -0.1) is 0 Å². The number of benzene rings is 2. The Morgan fingerprint density at radius 3 is 2.61 bits per heavy atom. The first-order chi connectivity index (χ1) is 13.4. The molecule has 2 aliphatic heterocycles. The predicted octanol–water partition coefficient (Wildman–Crippen LogP) is 3.25. The first-order valence-corrected chi connectivity index (χ1v) is 11.7. The summed E-state index contributed by atoms with van der Waals surface area (Å²) >= 11 is 0. The SMILES string of the molecule is CS(=O)(=O)N1CCCc2cc(C(=O)N3CCCC3Cc3ccccc3)ccc21. The van der Waals surface area contributed by atoms with Gasteiger partial charge in [0, 0.05) is 24.7 Å². The van der Waals surface area contributed by atoms with Crippen LogP contribution in [0, 0.1) is 0 Å². The molecule has 6 heteroatoms. The fourth-order valence-corrected chi connectivity index (χ4v) is 5.40. The van der Waals surface area contributed by atoms with Gasteiger partial charge in [-0.2, -0.15) is 0 Å². The highest BCUT2D eigenvalue weighted by molar-refractivity contribution is 7.92. The molecule has 0 aliphatic carbocycles. The maximum absolute atomic E-state index is 13.2. The zero-order valence-corrected chi connectivity index (χ0v) is 17.0. The monoisotopic (exact) mass is 398 g/mol. The van der Waals surface area contributed by atoms with Crippen LogP contribution >= 0.6 is 0 Å². The number of sulfonamides is 1. The molecule has 0 bridgehead atoms. The van der Waals surface area contributed by atoms with Crippen LogP contribution in [0.1, 0.15) is 40.7 Å². The van der Waals surface area contributed by atoms with Gasteiger partial charge < -0.3 is 4.90 Å². The van der Waals surface area contributed by atoms with Gasteiger partial charge in [0.2, 0.25) is 10.0 Å². The molecule has 148 valence electrons. The second-order valence-corrected chi connectivity index (χ2v) is 9.67. The average Bonchev–Trinajstić information content (AvgIpc) is 3.14. The summed E-state index contributed by atoms with van der Waals surface area (Å²) in [5, 5.41) is 0. The maximum atomic E-state index is 13.2. The standard InChI is InChI=1S/C22H26N2O3S/c1-28(26,27)24-14-5-9-18-16-19(11-12-21(18)24)22(25)23-13-6-10-20(23)15-17-7-3-2-4-8-17/h2-4,7-8,11-12,16,20H,5-6,9-10,13-15H2,1H3. The van der Waals surface area contributed by atoms with Crippen LogP contribution in [-0.2, 0) is 22.9 Å². The first-order valence-electron chi connectivity index (χ1n) is 9.89. The lowest BCUT2D eigenvalue weighted by molar-refractivity contribution is 0.0736. The molecule has 0 N–H and O–H groups in total. The third-order valence-electron chi connectivity index (χ3n) is 5.75. The third-order valence-corrected chi connectivity index (χ3v) is 6.93. The molecule has 2 aromatic rings. The summed E-state index contributed by atoms with van der Waals surface area (Å²) in [5.74, 6) is 0.0534. The topological polar surface area (TPSA) is 57.7 Å². The fraction of sp³-hybridized carbons (Fsp3) is 0.409. The molecule has 5 nitrogen and oxygen atoms in total. The summed E-state index contributed by atoms with van der Waals surface area (Å²) in [4.78, 5) is 15.2. The molecule has 0 saturated carbocycles. The smallest absolute Gasteiger partial charge is 0.254 e. The minimum Gasteiger partial charge on any atom is -0.335 e. The number of aryl methyl sites for hydroxylation is 1. The van der Waals surface area contributed by atoms with Gasteiger partial charge in [0.25, 0.3) is 5.91 Å². The van der Waals surface area contributed by atoms with Crippen molar-refractivity contribution in [2.75, 3.05) is 23.7 Å². The number of fused-ring (bicyclic) bond motifs is 1. The van der Waals surface area contributed by atoms with Crippen molar-refractivity contribution < 1.29 is 13.2 Å². The summed E-state index contributed by atoms with van der Waals surface area (Å²) in [5.41, 5.74) is 3.57. The van der Waals surface area contributed by atoms with Crippen molar-refractivity contribution in [3.63, 3.8) is 0 Å².